The molecule has 0 amide bonds. The Morgan fingerprint density at radius 1 is 1.50 bits per heavy atom. The second-order valence-corrected chi connectivity index (χ2v) is 3.31. The van der Waals surface area contributed by atoms with Crippen molar-refractivity contribution in [3.8, 4) is 0 Å². The van der Waals surface area contributed by atoms with Crippen LogP contribution in [0.25, 0.3) is 0 Å². The van der Waals surface area contributed by atoms with Crippen molar-refractivity contribution < 1.29 is 18.1 Å². The van der Waals surface area contributed by atoms with E-state index >= 15 is 0 Å². The van der Waals surface area contributed by atoms with E-state index in [1.54, 1.807) is 6.92 Å². The third kappa shape index (κ3) is 8.87. The normalized spacial score (nSPS) is 13.9. The minimum absolute atomic E-state index is 0. The Morgan fingerprint density at radius 2 is 1.90 bits per heavy atom. The summed E-state index contributed by atoms with van der Waals surface area (Å²) in [6.07, 6.45) is -0.611. The molecule has 0 bridgehead atoms. The number of aliphatic hydroxyl groups is 1. The van der Waals surface area contributed by atoms with Gasteiger partial charge in [0.25, 0.3) is 10.1 Å². The van der Waals surface area contributed by atoms with Crippen LogP contribution in [-0.2, 0) is 10.1 Å². The number of aliphatic hydroxyl groups excluding tert-OH is 1. The van der Waals surface area contributed by atoms with E-state index in [2.05, 4.69) is 0 Å². The van der Waals surface area contributed by atoms with Crippen molar-refractivity contribution >= 4 is 39.7 Å². The summed E-state index contributed by atoms with van der Waals surface area (Å²) in [4.78, 5) is 0. The predicted octanol–water partition coefficient (Wildman–Crippen LogP) is -0.736. The second-order valence-electron chi connectivity index (χ2n) is 1.81. The molecule has 0 saturated heterocycles. The van der Waals surface area contributed by atoms with E-state index in [4.69, 9.17) is 9.66 Å². The molecule has 0 fully saturated rings. The fourth-order valence-corrected chi connectivity index (χ4v) is 1.08. The maximum absolute atomic E-state index is 10.00. The van der Waals surface area contributed by atoms with Crippen LogP contribution in [0.1, 0.15) is 13.3 Å². The van der Waals surface area contributed by atoms with Gasteiger partial charge in [0.05, 0.1) is 6.10 Å². The van der Waals surface area contributed by atoms with Crippen molar-refractivity contribution in [2.45, 2.75) is 19.4 Å². The molecular formula is C4H10NaO4S. The van der Waals surface area contributed by atoms with Crippen LogP contribution in [-0.4, -0.2) is 59.5 Å². The SMILES string of the molecule is CCC(O)CS(=O)(=O)O.[Na]. The summed E-state index contributed by atoms with van der Waals surface area (Å²) in [5.74, 6) is -0.566. The van der Waals surface area contributed by atoms with Gasteiger partial charge in [0.15, 0.2) is 0 Å². The molecular weight excluding hydrogens is 167 g/mol. The van der Waals surface area contributed by atoms with Gasteiger partial charge in [-0.25, -0.2) is 0 Å². The number of rotatable bonds is 3. The molecule has 0 rings (SSSR count). The molecule has 0 aliphatic heterocycles. The summed E-state index contributed by atoms with van der Waals surface area (Å²) in [6, 6.07) is 0. The van der Waals surface area contributed by atoms with Gasteiger partial charge in [0.1, 0.15) is 5.75 Å². The zero-order valence-corrected chi connectivity index (χ0v) is 8.93. The molecule has 6 heteroatoms. The first kappa shape index (κ1) is 13.5. The molecule has 0 aliphatic carbocycles. The summed E-state index contributed by atoms with van der Waals surface area (Å²) in [5.41, 5.74) is 0. The Kier molecular flexibility index (Phi) is 7.42. The minimum Gasteiger partial charge on any atom is -0.392 e. The molecule has 0 aromatic carbocycles. The predicted molar refractivity (Wildman–Crippen MR) is 38.5 cm³/mol. The first-order valence-corrected chi connectivity index (χ1v) is 4.20. The van der Waals surface area contributed by atoms with Gasteiger partial charge in [-0.1, -0.05) is 6.92 Å². The summed E-state index contributed by atoms with van der Waals surface area (Å²) >= 11 is 0. The topological polar surface area (TPSA) is 74.6 Å². The summed E-state index contributed by atoms with van der Waals surface area (Å²) in [7, 11) is -3.99. The molecule has 1 unspecified atom stereocenters. The van der Waals surface area contributed by atoms with Gasteiger partial charge in [0.2, 0.25) is 0 Å². The van der Waals surface area contributed by atoms with Crippen LogP contribution < -0.4 is 0 Å². The van der Waals surface area contributed by atoms with Gasteiger partial charge in [-0.05, 0) is 6.42 Å². The van der Waals surface area contributed by atoms with Gasteiger partial charge in [-0.3, -0.25) is 4.55 Å². The van der Waals surface area contributed by atoms with Crippen molar-refractivity contribution in [3.05, 3.63) is 0 Å². The van der Waals surface area contributed by atoms with Crippen LogP contribution in [0.3, 0.4) is 0 Å². The van der Waals surface area contributed by atoms with Crippen LogP contribution in [0, 0.1) is 0 Å². The smallest absolute Gasteiger partial charge is 0.267 e. The van der Waals surface area contributed by atoms with Crippen LogP contribution in [0.4, 0.5) is 0 Å². The van der Waals surface area contributed by atoms with Gasteiger partial charge in [0, 0.05) is 29.6 Å². The Labute approximate surface area is 82.7 Å². The zero-order valence-electron chi connectivity index (χ0n) is 6.11. The molecule has 10 heavy (non-hydrogen) atoms. The third-order valence-corrected chi connectivity index (χ3v) is 1.68. The van der Waals surface area contributed by atoms with E-state index in [1.807, 2.05) is 0 Å². The number of hydrogen-bond acceptors (Lipinski definition) is 3. The Morgan fingerprint density at radius 3 is 2.00 bits per heavy atom. The first-order chi connectivity index (χ1) is 3.95. The Hall–Kier alpha value is 0.870. The van der Waals surface area contributed by atoms with E-state index in [-0.39, 0.29) is 29.6 Å². The third-order valence-electron chi connectivity index (χ3n) is 0.874. The van der Waals surface area contributed by atoms with E-state index in [0.29, 0.717) is 6.42 Å². The average molecular weight is 177 g/mol. The monoisotopic (exact) mass is 177 g/mol. The van der Waals surface area contributed by atoms with Crippen LogP contribution >= 0.6 is 0 Å². The molecule has 1 atom stereocenters. The standard InChI is InChI=1S/C4H10O4S.Na/c1-2-4(5)3-9(6,7)8;/h4-5H,2-3H2,1H3,(H,6,7,8);. The van der Waals surface area contributed by atoms with Crippen LogP contribution in [0.15, 0.2) is 0 Å². The molecule has 2 N–H and O–H groups in total. The van der Waals surface area contributed by atoms with E-state index in [0.717, 1.165) is 0 Å². The molecule has 4 nitrogen and oxygen atoms in total. The van der Waals surface area contributed by atoms with Crippen molar-refractivity contribution in [2.24, 2.45) is 0 Å². The molecule has 0 spiro atoms. The van der Waals surface area contributed by atoms with Crippen molar-refractivity contribution in [3.63, 3.8) is 0 Å². The molecule has 0 aromatic rings. The van der Waals surface area contributed by atoms with Gasteiger partial charge >= 0.3 is 0 Å². The van der Waals surface area contributed by atoms with Crippen LogP contribution in [0.2, 0.25) is 0 Å². The maximum atomic E-state index is 10.00. The van der Waals surface area contributed by atoms with E-state index < -0.39 is 22.0 Å². The molecule has 57 valence electrons. The van der Waals surface area contributed by atoms with Gasteiger partial charge in [-0.15, -0.1) is 0 Å². The average Bonchev–Trinajstić information content (AvgIpc) is 1.62. The number of hydrogen-bond donors (Lipinski definition) is 2. The molecule has 0 aliphatic rings. The molecule has 0 saturated carbocycles. The summed E-state index contributed by atoms with van der Waals surface area (Å²) in [6.45, 7) is 1.63. The van der Waals surface area contributed by atoms with E-state index in [9.17, 15) is 8.42 Å². The first-order valence-electron chi connectivity index (χ1n) is 2.59. The van der Waals surface area contributed by atoms with Crippen molar-refractivity contribution in [1.82, 2.24) is 0 Å². The quantitative estimate of drug-likeness (QED) is 0.440. The van der Waals surface area contributed by atoms with Crippen LogP contribution in [0.5, 0.6) is 0 Å². The molecule has 1 radical (unpaired) electrons. The fourth-order valence-electron chi connectivity index (χ4n) is 0.361. The van der Waals surface area contributed by atoms with Crippen molar-refractivity contribution in [1.29, 1.82) is 0 Å². The summed E-state index contributed by atoms with van der Waals surface area (Å²) < 4.78 is 28.1. The molecule has 0 aromatic heterocycles. The van der Waals surface area contributed by atoms with Gasteiger partial charge < -0.3 is 5.11 Å². The largest absolute Gasteiger partial charge is 0.392 e. The van der Waals surface area contributed by atoms with Crippen molar-refractivity contribution in [2.75, 3.05) is 5.75 Å². The van der Waals surface area contributed by atoms with E-state index in [1.165, 1.54) is 0 Å². The second kappa shape index (κ2) is 5.51. The summed E-state index contributed by atoms with van der Waals surface area (Å²) in [5, 5.41) is 8.65. The molecule has 0 heterocycles. The fraction of sp³-hybridized carbons (Fsp3) is 1.00. The Balaban J connectivity index is 0. The Bertz CT molecular complexity index is 164. The maximum Gasteiger partial charge on any atom is 0.267 e. The minimum atomic E-state index is -3.99. The van der Waals surface area contributed by atoms with Gasteiger partial charge in [-0.2, -0.15) is 8.42 Å². The zero-order chi connectivity index (χ0) is 7.49.